The van der Waals surface area contributed by atoms with Crippen LogP contribution in [0.3, 0.4) is 0 Å². The number of amides is 1. The fourth-order valence-electron chi connectivity index (χ4n) is 4.14. The first-order valence-electron chi connectivity index (χ1n) is 9.41. The van der Waals surface area contributed by atoms with E-state index in [0.717, 1.165) is 44.3 Å². The van der Waals surface area contributed by atoms with Gasteiger partial charge >= 0.3 is 0 Å². The van der Waals surface area contributed by atoms with Crippen LogP contribution in [0.25, 0.3) is 11.4 Å². The third-order valence-electron chi connectivity index (χ3n) is 5.52. The number of piperidine rings is 1. The molecule has 1 unspecified atom stereocenters. The van der Waals surface area contributed by atoms with E-state index in [9.17, 15) is 4.79 Å². The molecular weight excluding hydrogens is 334 g/mol. The van der Waals surface area contributed by atoms with Crippen molar-refractivity contribution in [3.63, 3.8) is 0 Å². The van der Waals surface area contributed by atoms with Crippen LogP contribution < -0.4 is 0 Å². The first kappa shape index (κ1) is 16.8. The molecule has 3 heterocycles. The molecule has 0 bridgehead atoms. The summed E-state index contributed by atoms with van der Waals surface area (Å²) in [5, 5.41) is 8.13. The van der Waals surface area contributed by atoms with Crippen LogP contribution in [0.15, 0.2) is 21.3 Å². The van der Waals surface area contributed by atoms with Crippen LogP contribution in [0, 0.1) is 11.8 Å². The minimum absolute atomic E-state index is 0.348. The van der Waals surface area contributed by atoms with Gasteiger partial charge in [-0.1, -0.05) is 18.0 Å². The fraction of sp³-hybridized carbons (Fsp3) is 0.632. The second-order valence-corrected chi connectivity index (χ2v) is 8.21. The van der Waals surface area contributed by atoms with E-state index in [4.69, 9.17) is 4.52 Å². The second-order valence-electron chi connectivity index (χ2n) is 7.43. The summed E-state index contributed by atoms with van der Waals surface area (Å²) in [6, 6.07) is 2.00. The van der Waals surface area contributed by atoms with Crippen LogP contribution in [0.5, 0.6) is 0 Å². The van der Waals surface area contributed by atoms with E-state index in [2.05, 4.69) is 15.0 Å². The zero-order valence-corrected chi connectivity index (χ0v) is 15.3. The largest absolute Gasteiger partial charge is 0.342 e. The number of rotatable bonds is 5. The number of carbonyl (C=O) groups is 1. The van der Waals surface area contributed by atoms with Crippen molar-refractivity contribution < 1.29 is 9.32 Å². The zero-order valence-electron chi connectivity index (χ0n) is 14.5. The molecule has 2 aliphatic rings. The quantitative estimate of drug-likeness (QED) is 0.804. The van der Waals surface area contributed by atoms with Crippen molar-refractivity contribution in [3.8, 4) is 11.4 Å². The molecule has 134 valence electrons. The first-order valence-corrected chi connectivity index (χ1v) is 10.3. The molecule has 0 spiro atoms. The molecule has 0 N–H and O–H groups in total. The predicted molar refractivity (Wildman–Crippen MR) is 97.2 cm³/mol. The van der Waals surface area contributed by atoms with E-state index in [0.29, 0.717) is 29.5 Å². The lowest BCUT2D eigenvalue weighted by Crippen LogP contribution is -2.41. The summed E-state index contributed by atoms with van der Waals surface area (Å²) in [7, 11) is 0. The lowest BCUT2D eigenvalue weighted by molar-refractivity contribution is -0.134. The van der Waals surface area contributed by atoms with Gasteiger partial charge in [0, 0.05) is 36.9 Å². The Kier molecular flexibility index (Phi) is 5.15. The van der Waals surface area contributed by atoms with Crippen LogP contribution in [-0.4, -0.2) is 34.0 Å². The average molecular weight is 359 g/mol. The lowest BCUT2D eigenvalue weighted by atomic mass is 9.93. The van der Waals surface area contributed by atoms with Gasteiger partial charge in [0.15, 0.2) is 0 Å². The predicted octanol–water partition coefficient (Wildman–Crippen LogP) is 4.16. The molecule has 6 heteroatoms. The van der Waals surface area contributed by atoms with E-state index in [1.165, 1.54) is 25.7 Å². The molecule has 1 aliphatic carbocycles. The van der Waals surface area contributed by atoms with Gasteiger partial charge in [-0.25, -0.2) is 0 Å². The summed E-state index contributed by atoms with van der Waals surface area (Å²) in [6.45, 7) is 1.74. The SMILES string of the molecule is O=C(CC1CCCC1)N1CCCC(Cc2nc(-c3ccsc3)no2)C1. The molecule has 2 aromatic rings. The van der Waals surface area contributed by atoms with Gasteiger partial charge in [0.2, 0.25) is 17.6 Å². The molecule has 2 aromatic heterocycles. The molecule has 4 rings (SSSR count). The Morgan fingerprint density at radius 3 is 2.88 bits per heavy atom. The van der Waals surface area contributed by atoms with E-state index in [1.54, 1.807) is 11.3 Å². The van der Waals surface area contributed by atoms with Crippen molar-refractivity contribution in [2.75, 3.05) is 13.1 Å². The van der Waals surface area contributed by atoms with Gasteiger partial charge in [0.1, 0.15) is 0 Å². The van der Waals surface area contributed by atoms with E-state index in [-0.39, 0.29) is 0 Å². The highest BCUT2D eigenvalue weighted by Gasteiger charge is 2.27. The number of aromatic nitrogens is 2. The number of likely N-dealkylation sites (tertiary alicyclic amines) is 1. The maximum atomic E-state index is 12.6. The number of thiophene rings is 1. The smallest absolute Gasteiger partial charge is 0.227 e. The van der Waals surface area contributed by atoms with Gasteiger partial charge in [-0.3, -0.25) is 4.79 Å². The molecule has 1 saturated carbocycles. The Morgan fingerprint density at radius 1 is 1.24 bits per heavy atom. The Hall–Kier alpha value is -1.69. The first-order chi connectivity index (χ1) is 12.3. The van der Waals surface area contributed by atoms with Gasteiger partial charge in [-0.15, -0.1) is 0 Å². The van der Waals surface area contributed by atoms with Gasteiger partial charge in [0.05, 0.1) is 0 Å². The third-order valence-corrected chi connectivity index (χ3v) is 6.20. The van der Waals surface area contributed by atoms with E-state index in [1.807, 2.05) is 16.8 Å². The molecule has 1 aliphatic heterocycles. The Labute approximate surface area is 152 Å². The molecule has 1 saturated heterocycles. The molecule has 1 atom stereocenters. The molecule has 0 aromatic carbocycles. The van der Waals surface area contributed by atoms with Crippen molar-refractivity contribution in [2.45, 2.75) is 51.4 Å². The van der Waals surface area contributed by atoms with Crippen molar-refractivity contribution in [1.82, 2.24) is 15.0 Å². The highest BCUT2D eigenvalue weighted by Crippen LogP contribution is 2.29. The maximum Gasteiger partial charge on any atom is 0.227 e. The third kappa shape index (κ3) is 4.11. The monoisotopic (exact) mass is 359 g/mol. The van der Waals surface area contributed by atoms with Gasteiger partial charge in [-0.2, -0.15) is 16.3 Å². The van der Waals surface area contributed by atoms with Crippen molar-refractivity contribution >= 4 is 17.2 Å². The number of carbonyl (C=O) groups excluding carboxylic acids is 1. The summed E-state index contributed by atoms with van der Waals surface area (Å²) in [5.41, 5.74) is 1.01. The van der Waals surface area contributed by atoms with Crippen LogP contribution in [-0.2, 0) is 11.2 Å². The van der Waals surface area contributed by atoms with E-state index < -0.39 is 0 Å². The Morgan fingerprint density at radius 2 is 2.08 bits per heavy atom. The molecule has 5 nitrogen and oxygen atoms in total. The summed E-state index contributed by atoms with van der Waals surface area (Å²) in [6.07, 6.45) is 8.77. The van der Waals surface area contributed by atoms with Gasteiger partial charge in [-0.05, 0) is 49.0 Å². The summed E-state index contributed by atoms with van der Waals surface area (Å²) < 4.78 is 5.43. The van der Waals surface area contributed by atoms with Crippen LogP contribution >= 0.6 is 11.3 Å². The van der Waals surface area contributed by atoms with Crippen molar-refractivity contribution in [3.05, 3.63) is 22.7 Å². The fourth-order valence-corrected chi connectivity index (χ4v) is 4.78. The molecule has 2 fully saturated rings. The van der Waals surface area contributed by atoms with Crippen LogP contribution in [0.1, 0.15) is 50.8 Å². The molecule has 0 radical (unpaired) electrons. The maximum absolute atomic E-state index is 12.6. The average Bonchev–Trinajstić information content (AvgIpc) is 3.37. The Balaban J connectivity index is 1.32. The summed E-state index contributed by atoms with van der Waals surface area (Å²) in [5.74, 6) is 2.76. The lowest BCUT2D eigenvalue weighted by Gasteiger charge is -2.33. The number of hydrogen-bond acceptors (Lipinski definition) is 5. The topological polar surface area (TPSA) is 59.2 Å². The van der Waals surface area contributed by atoms with E-state index >= 15 is 0 Å². The minimum atomic E-state index is 0.348. The summed E-state index contributed by atoms with van der Waals surface area (Å²) in [4.78, 5) is 19.2. The van der Waals surface area contributed by atoms with Crippen LogP contribution in [0.2, 0.25) is 0 Å². The van der Waals surface area contributed by atoms with Gasteiger partial charge < -0.3 is 9.42 Å². The van der Waals surface area contributed by atoms with Crippen molar-refractivity contribution in [1.29, 1.82) is 0 Å². The van der Waals surface area contributed by atoms with Crippen molar-refractivity contribution in [2.24, 2.45) is 11.8 Å². The highest BCUT2D eigenvalue weighted by molar-refractivity contribution is 7.08. The number of hydrogen-bond donors (Lipinski definition) is 0. The normalized spacial score (nSPS) is 21.8. The van der Waals surface area contributed by atoms with Gasteiger partial charge in [0.25, 0.3) is 0 Å². The molecule has 25 heavy (non-hydrogen) atoms. The second kappa shape index (κ2) is 7.68. The molecule has 1 amide bonds. The van der Waals surface area contributed by atoms with Crippen LogP contribution in [0.4, 0.5) is 0 Å². The number of nitrogens with zero attached hydrogens (tertiary/aromatic N) is 3. The minimum Gasteiger partial charge on any atom is -0.342 e. The highest BCUT2D eigenvalue weighted by atomic mass is 32.1. The summed E-state index contributed by atoms with van der Waals surface area (Å²) >= 11 is 1.63. The zero-order chi connectivity index (χ0) is 17.1. The Bertz CT molecular complexity index is 691. The molecular formula is C19H25N3O2S. The standard InChI is InChI=1S/C19H25N3O2S/c23-18(11-14-4-1-2-5-14)22-8-3-6-15(12-22)10-17-20-19(21-24-17)16-7-9-25-13-16/h7,9,13-15H,1-6,8,10-12H2.